The molecule has 2 aromatic heterocycles. The van der Waals surface area contributed by atoms with Crippen LogP contribution in [0.3, 0.4) is 0 Å². The number of hydrogen-bond acceptors (Lipinski definition) is 4. The molecular weight excluding hydrogens is 358 g/mol. The monoisotopic (exact) mass is 381 g/mol. The number of nitrogens with one attached hydrogen (secondary N) is 1. The molecule has 1 atom stereocenters. The number of hydrogen-bond donors (Lipinski definition) is 1. The highest BCUT2D eigenvalue weighted by atomic mass is 32.1. The normalized spacial score (nSPS) is 16.3. The van der Waals surface area contributed by atoms with Gasteiger partial charge in [-0.25, -0.2) is 4.98 Å². The quantitative estimate of drug-likeness (QED) is 0.739. The Morgan fingerprint density at radius 3 is 2.96 bits per heavy atom. The van der Waals surface area contributed by atoms with E-state index in [4.69, 9.17) is 0 Å². The predicted molar refractivity (Wildman–Crippen MR) is 108 cm³/mol. The van der Waals surface area contributed by atoms with E-state index in [1.54, 1.807) is 11.3 Å². The highest BCUT2D eigenvalue weighted by Gasteiger charge is 2.23. The Bertz CT molecular complexity index is 1020. The van der Waals surface area contributed by atoms with Crippen LogP contribution in [0.1, 0.15) is 29.3 Å². The molecule has 0 spiro atoms. The molecule has 27 heavy (non-hydrogen) atoms. The molecule has 1 N–H and O–H groups in total. The first kappa shape index (κ1) is 17.9. The van der Waals surface area contributed by atoms with Crippen LogP contribution in [0, 0.1) is 5.92 Å². The van der Waals surface area contributed by atoms with Crippen molar-refractivity contribution < 1.29 is 4.79 Å². The van der Waals surface area contributed by atoms with E-state index in [-0.39, 0.29) is 18.0 Å². The van der Waals surface area contributed by atoms with Crippen LogP contribution >= 0.6 is 11.3 Å². The smallest absolute Gasteiger partial charge is 0.262 e. The van der Waals surface area contributed by atoms with Crippen molar-refractivity contribution in [1.29, 1.82) is 0 Å². The van der Waals surface area contributed by atoms with E-state index < -0.39 is 0 Å². The molecule has 6 heteroatoms. The number of amides is 1. The molecule has 140 valence electrons. The lowest BCUT2D eigenvalue weighted by Gasteiger charge is -2.17. The van der Waals surface area contributed by atoms with E-state index in [9.17, 15) is 9.59 Å². The van der Waals surface area contributed by atoms with Crippen LogP contribution < -0.4 is 10.9 Å². The molecule has 0 saturated heterocycles. The molecule has 0 saturated carbocycles. The van der Waals surface area contributed by atoms with Crippen LogP contribution in [-0.2, 0) is 30.6 Å². The van der Waals surface area contributed by atoms with Crippen LogP contribution in [0.5, 0.6) is 0 Å². The SMILES string of the molecule is CC1CCc2c(sc3ncn(CC(=O)NCCc4ccccc4)c(=O)c23)C1. The van der Waals surface area contributed by atoms with Gasteiger partial charge in [-0.15, -0.1) is 11.3 Å². The maximum Gasteiger partial charge on any atom is 0.262 e. The number of aromatic nitrogens is 2. The number of benzene rings is 1. The van der Waals surface area contributed by atoms with Gasteiger partial charge < -0.3 is 5.32 Å². The van der Waals surface area contributed by atoms with Crippen LogP contribution in [-0.4, -0.2) is 22.0 Å². The summed E-state index contributed by atoms with van der Waals surface area (Å²) >= 11 is 1.63. The number of aryl methyl sites for hydroxylation is 1. The fourth-order valence-electron chi connectivity index (χ4n) is 3.68. The lowest BCUT2D eigenvalue weighted by atomic mass is 9.89. The molecule has 0 fully saturated rings. The first-order valence-electron chi connectivity index (χ1n) is 9.42. The number of nitrogens with zero attached hydrogens (tertiary/aromatic N) is 2. The second-order valence-electron chi connectivity index (χ2n) is 7.30. The van der Waals surface area contributed by atoms with Crippen LogP contribution in [0.4, 0.5) is 0 Å². The molecule has 1 aliphatic carbocycles. The zero-order valence-corrected chi connectivity index (χ0v) is 16.2. The average molecular weight is 382 g/mol. The van der Waals surface area contributed by atoms with Gasteiger partial charge >= 0.3 is 0 Å². The van der Waals surface area contributed by atoms with Crippen molar-refractivity contribution in [2.75, 3.05) is 6.54 Å². The lowest BCUT2D eigenvalue weighted by molar-refractivity contribution is -0.121. The van der Waals surface area contributed by atoms with Crippen molar-refractivity contribution >= 4 is 27.5 Å². The number of thiophene rings is 1. The molecule has 0 bridgehead atoms. The van der Waals surface area contributed by atoms with Gasteiger partial charge in [0.15, 0.2) is 0 Å². The molecule has 1 amide bonds. The van der Waals surface area contributed by atoms with E-state index in [1.807, 2.05) is 30.3 Å². The third-order valence-corrected chi connectivity index (χ3v) is 6.34. The van der Waals surface area contributed by atoms with Gasteiger partial charge in [-0.05, 0) is 42.7 Å². The minimum absolute atomic E-state index is 0.0115. The summed E-state index contributed by atoms with van der Waals surface area (Å²) in [5.74, 6) is 0.495. The van der Waals surface area contributed by atoms with Crippen molar-refractivity contribution in [3.63, 3.8) is 0 Å². The Morgan fingerprint density at radius 1 is 1.33 bits per heavy atom. The van der Waals surface area contributed by atoms with Crippen molar-refractivity contribution in [2.45, 2.75) is 39.2 Å². The second kappa shape index (κ2) is 7.64. The van der Waals surface area contributed by atoms with Gasteiger partial charge in [0.1, 0.15) is 11.4 Å². The van der Waals surface area contributed by atoms with Crippen molar-refractivity contribution in [1.82, 2.24) is 14.9 Å². The molecule has 1 aromatic carbocycles. The molecule has 2 heterocycles. The van der Waals surface area contributed by atoms with Gasteiger partial charge in [0.2, 0.25) is 5.91 Å². The van der Waals surface area contributed by atoms with E-state index in [1.165, 1.54) is 21.3 Å². The topological polar surface area (TPSA) is 64.0 Å². The molecular formula is C21H23N3O2S. The van der Waals surface area contributed by atoms with Gasteiger partial charge in [-0.3, -0.25) is 14.2 Å². The Kier molecular flexibility index (Phi) is 5.07. The first-order valence-corrected chi connectivity index (χ1v) is 10.2. The van der Waals surface area contributed by atoms with Gasteiger partial charge in [0, 0.05) is 11.4 Å². The Labute approximate surface area is 162 Å². The molecule has 0 radical (unpaired) electrons. The zero-order chi connectivity index (χ0) is 18.8. The largest absolute Gasteiger partial charge is 0.354 e. The number of rotatable bonds is 5. The lowest BCUT2D eigenvalue weighted by Crippen LogP contribution is -2.33. The highest BCUT2D eigenvalue weighted by molar-refractivity contribution is 7.18. The number of fused-ring (bicyclic) bond motifs is 3. The van der Waals surface area contributed by atoms with Gasteiger partial charge in [-0.1, -0.05) is 37.3 Å². The molecule has 1 unspecified atom stereocenters. The fraction of sp³-hybridized carbons (Fsp3) is 0.381. The Morgan fingerprint density at radius 2 is 2.15 bits per heavy atom. The van der Waals surface area contributed by atoms with Crippen LogP contribution in [0.2, 0.25) is 0 Å². The zero-order valence-electron chi connectivity index (χ0n) is 15.4. The maximum absolute atomic E-state index is 12.9. The summed E-state index contributed by atoms with van der Waals surface area (Å²) in [6, 6.07) is 10.0. The second-order valence-corrected chi connectivity index (χ2v) is 8.38. The van der Waals surface area contributed by atoms with Crippen molar-refractivity contribution in [3.05, 3.63) is 63.0 Å². The summed E-state index contributed by atoms with van der Waals surface area (Å²) < 4.78 is 1.44. The van der Waals surface area contributed by atoms with Crippen LogP contribution in [0.15, 0.2) is 41.5 Å². The summed E-state index contributed by atoms with van der Waals surface area (Å²) in [5.41, 5.74) is 2.24. The predicted octanol–water partition coefficient (Wildman–Crippen LogP) is 2.94. The summed E-state index contributed by atoms with van der Waals surface area (Å²) in [7, 11) is 0. The van der Waals surface area contributed by atoms with Gasteiger partial charge in [-0.2, -0.15) is 0 Å². The Hall–Kier alpha value is -2.47. The number of carbonyl (C=O) groups excluding carboxylic acids is 1. The fourth-order valence-corrected chi connectivity index (χ4v) is 5.02. The highest BCUT2D eigenvalue weighted by Crippen LogP contribution is 2.35. The average Bonchev–Trinajstić information content (AvgIpc) is 3.03. The third kappa shape index (κ3) is 3.81. The van der Waals surface area contributed by atoms with E-state index in [0.29, 0.717) is 12.5 Å². The molecule has 1 aliphatic rings. The van der Waals surface area contributed by atoms with E-state index in [0.717, 1.165) is 41.5 Å². The van der Waals surface area contributed by atoms with Crippen molar-refractivity contribution in [2.24, 2.45) is 5.92 Å². The summed E-state index contributed by atoms with van der Waals surface area (Å²) in [6.45, 7) is 2.81. The molecule has 5 nitrogen and oxygen atoms in total. The van der Waals surface area contributed by atoms with Crippen LogP contribution in [0.25, 0.3) is 10.2 Å². The van der Waals surface area contributed by atoms with E-state index >= 15 is 0 Å². The minimum Gasteiger partial charge on any atom is -0.354 e. The van der Waals surface area contributed by atoms with Crippen molar-refractivity contribution in [3.8, 4) is 0 Å². The molecule has 3 aromatic rings. The summed E-state index contributed by atoms with van der Waals surface area (Å²) in [6.07, 6.45) is 5.34. The minimum atomic E-state index is -0.160. The summed E-state index contributed by atoms with van der Waals surface area (Å²) in [4.78, 5) is 31.7. The standard InChI is InChI=1S/C21H23N3O2S/c1-14-7-8-16-17(11-14)27-20-19(16)21(26)24(13-23-20)12-18(25)22-10-9-15-5-3-2-4-6-15/h2-6,13-14H,7-12H2,1H3,(H,22,25). The maximum atomic E-state index is 12.9. The molecule has 0 aliphatic heterocycles. The first-order chi connectivity index (χ1) is 13.1. The Balaban J connectivity index is 1.46. The van der Waals surface area contributed by atoms with Gasteiger partial charge in [0.05, 0.1) is 11.7 Å². The van der Waals surface area contributed by atoms with E-state index in [2.05, 4.69) is 17.2 Å². The molecule has 4 rings (SSSR count). The van der Waals surface area contributed by atoms with Gasteiger partial charge in [0.25, 0.3) is 5.56 Å². The summed E-state index contributed by atoms with van der Waals surface area (Å²) in [5, 5.41) is 3.62. The third-order valence-electron chi connectivity index (χ3n) is 5.17. The number of carbonyl (C=O) groups is 1.